The molecular formula is C17H20ClN3O. The Hall–Kier alpha value is -1.52. The highest BCUT2D eigenvalue weighted by atomic mass is 35.5. The number of hydrogen-bond acceptors (Lipinski definition) is 2. The summed E-state index contributed by atoms with van der Waals surface area (Å²) in [6.07, 6.45) is 1.88. The molecule has 3 heterocycles. The number of nitrogens with zero attached hydrogens (tertiary/aromatic N) is 3. The number of halogens is 1. The number of rotatable bonds is 1. The predicted molar refractivity (Wildman–Crippen MR) is 88.3 cm³/mol. The van der Waals surface area contributed by atoms with Gasteiger partial charge in [-0.3, -0.25) is 4.79 Å². The van der Waals surface area contributed by atoms with Crippen molar-refractivity contribution in [2.75, 3.05) is 27.2 Å². The number of hydrogen-bond donors (Lipinski definition) is 0. The molecule has 5 heteroatoms. The smallest absolute Gasteiger partial charge is 0.245 e. The van der Waals surface area contributed by atoms with Crippen LogP contribution in [0.2, 0.25) is 5.02 Å². The number of carbonyl (C=O) groups excluding carboxylic acids is 1. The van der Waals surface area contributed by atoms with Crippen LogP contribution in [-0.2, 0) is 17.8 Å². The highest BCUT2D eigenvalue weighted by Gasteiger charge is 2.34. The first-order chi connectivity index (χ1) is 10.6. The number of amides is 1. The molecule has 2 aliphatic heterocycles. The minimum atomic E-state index is -0.0548. The van der Waals surface area contributed by atoms with Gasteiger partial charge in [-0.15, -0.1) is 0 Å². The number of aromatic nitrogens is 1. The molecule has 116 valence electrons. The third-order valence-electron chi connectivity index (χ3n) is 5.05. The van der Waals surface area contributed by atoms with Crippen molar-refractivity contribution in [3.05, 3.63) is 34.5 Å². The minimum absolute atomic E-state index is 0.0548. The number of likely N-dealkylation sites (tertiary alicyclic amines) is 1. The Kier molecular flexibility index (Phi) is 3.20. The maximum Gasteiger partial charge on any atom is 0.245 e. The second kappa shape index (κ2) is 5.00. The molecule has 1 amide bonds. The van der Waals surface area contributed by atoms with Crippen LogP contribution in [0.4, 0.5) is 0 Å². The van der Waals surface area contributed by atoms with E-state index in [0.29, 0.717) is 0 Å². The lowest BCUT2D eigenvalue weighted by atomic mass is 10.0. The fourth-order valence-corrected chi connectivity index (χ4v) is 4.07. The van der Waals surface area contributed by atoms with Gasteiger partial charge >= 0.3 is 0 Å². The lowest BCUT2D eigenvalue weighted by molar-refractivity contribution is -0.129. The van der Waals surface area contributed by atoms with E-state index in [1.165, 1.54) is 16.6 Å². The molecule has 0 aliphatic carbocycles. The van der Waals surface area contributed by atoms with Gasteiger partial charge in [0.15, 0.2) is 0 Å². The van der Waals surface area contributed by atoms with Gasteiger partial charge in [0, 0.05) is 54.7 Å². The van der Waals surface area contributed by atoms with E-state index in [1.807, 2.05) is 18.0 Å². The van der Waals surface area contributed by atoms with Gasteiger partial charge in [0.25, 0.3) is 0 Å². The first-order valence-corrected chi connectivity index (χ1v) is 8.19. The van der Waals surface area contributed by atoms with Crippen molar-refractivity contribution in [2.45, 2.75) is 25.4 Å². The van der Waals surface area contributed by atoms with Crippen LogP contribution >= 0.6 is 11.6 Å². The predicted octanol–water partition coefficient (Wildman–Crippen LogP) is 2.69. The van der Waals surface area contributed by atoms with Gasteiger partial charge in [-0.05, 0) is 37.2 Å². The summed E-state index contributed by atoms with van der Waals surface area (Å²) >= 11 is 6.22. The second-order valence-electron chi connectivity index (χ2n) is 6.51. The van der Waals surface area contributed by atoms with Gasteiger partial charge in [-0.2, -0.15) is 0 Å². The molecule has 1 aromatic carbocycles. The molecule has 1 saturated heterocycles. The quantitative estimate of drug-likeness (QED) is 0.809. The molecule has 22 heavy (non-hydrogen) atoms. The zero-order valence-electron chi connectivity index (χ0n) is 13.0. The largest absolute Gasteiger partial charge is 0.344 e. The molecular weight excluding hydrogens is 298 g/mol. The Labute approximate surface area is 135 Å². The van der Waals surface area contributed by atoms with Crippen molar-refractivity contribution in [1.29, 1.82) is 0 Å². The van der Waals surface area contributed by atoms with Crippen LogP contribution < -0.4 is 0 Å². The summed E-state index contributed by atoms with van der Waals surface area (Å²) in [4.78, 5) is 16.7. The van der Waals surface area contributed by atoms with E-state index in [1.54, 1.807) is 0 Å². The fraction of sp³-hybridized carbons (Fsp3) is 0.471. The monoisotopic (exact) mass is 317 g/mol. The zero-order chi connectivity index (χ0) is 15.4. The van der Waals surface area contributed by atoms with Crippen LogP contribution in [-0.4, -0.2) is 47.5 Å². The molecule has 0 radical (unpaired) electrons. The molecule has 1 fully saturated rings. The van der Waals surface area contributed by atoms with Crippen LogP contribution in [0, 0.1) is 0 Å². The molecule has 2 aromatic rings. The Morgan fingerprint density at radius 1 is 1.23 bits per heavy atom. The number of benzene rings is 1. The highest BCUT2D eigenvalue weighted by molar-refractivity contribution is 6.31. The Balaban J connectivity index is 1.96. The first kappa shape index (κ1) is 14.1. The lowest BCUT2D eigenvalue weighted by Crippen LogP contribution is -2.30. The second-order valence-corrected chi connectivity index (χ2v) is 6.95. The molecule has 1 unspecified atom stereocenters. The summed E-state index contributed by atoms with van der Waals surface area (Å²) in [5.74, 6) is 0.230. The van der Waals surface area contributed by atoms with E-state index in [-0.39, 0.29) is 11.9 Å². The van der Waals surface area contributed by atoms with E-state index >= 15 is 0 Å². The van der Waals surface area contributed by atoms with Gasteiger partial charge in [-0.1, -0.05) is 11.6 Å². The third-order valence-corrected chi connectivity index (χ3v) is 5.29. The van der Waals surface area contributed by atoms with Crippen LogP contribution in [0.25, 0.3) is 10.9 Å². The average molecular weight is 318 g/mol. The van der Waals surface area contributed by atoms with Crippen molar-refractivity contribution in [3.8, 4) is 0 Å². The summed E-state index contributed by atoms with van der Waals surface area (Å²) in [5.41, 5.74) is 3.82. The topological polar surface area (TPSA) is 28.5 Å². The molecule has 4 rings (SSSR count). The van der Waals surface area contributed by atoms with Crippen molar-refractivity contribution < 1.29 is 4.79 Å². The molecule has 0 N–H and O–H groups in total. The van der Waals surface area contributed by atoms with E-state index in [4.69, 9.17) is 11.6 Å². The average Bonchev–Trinajstić information content (AvgIpc) is 2.97. The van der Waals surface area contributed by atoms with Gasteiger partial charge in [0.2, 0.25) is 5.91 Å². The number of likely N-dealkylation sites (N-methyl/N-ethyl adjacent to an activating group) is 2. The molecule has 0 bridgehead atoms. The van der Waals surface area contributed by atoms with E-state index in [0.717, 1.165) is 43.0 Å². The summed E-state index contributed by atoms with van der Waals surface area (Å²) in [6.45, 7) is 2.80. The van der Waals surface area contributed by atoms with Crippen LogP contribution in [0.3, 0.4) is 0 Å². The fourth-order valence-electron chi connectivity index (χ4n) is 3.90. The minimum Gasteiger partial charge on any atom is -0.344 e. The number of carbonyl (C=O) groups is 1. The van der Waals surface area contributed by atoms with Crippen molar-refractivity contribution in [1.82, 2.24) is 14.4 Å². The van der Waals surface area contributed by atoms with Crippen molar-refractivity contribution in [3.63, 3.8) is 0 Å². The molecule has 1 atom stereocenters. The standard InChI is InChI=1S/C17H20ClN3O/c1-19-7-5-15-13(10-19)12-9-11(18)3-4-14(12)21(15)16-6-8-20(2)17(16)22/h3-4,9,16H,5-8,10H2,1-2H3. The van der Waals surface area contributed by atoms with Crippen LogP contribution in [0.1, 0.15) is 23.7 Å². The Morgan fingerprint density at radius 2 is 2.05 bits per heavy atom. The molecule has 4 nitrogen and oxygen atoms in total. The third kappa shape index (κ3) is 1.97. The molecule has 0 saturated carbocycles. The summed E-state index contributed by atoms with van der Waals surface area (Å²) in [7, 11) is 4.04. The lowest BCUT2D eigenvalue weighted by Gasteiger charge is -2.25. The Bertz CT molecular complexity index is 767. The molecule has 0 spiro atoms. The van der Waals surface area contributed by atoms with Crippen molar-refractivity contribution in [2.24, 2.45) is 0 Å². The van der Waals surface area contributed by atoms with E-state index in [9.17, 15) is 4.79 Å². The Morgan fingerprint density at radius 3 is 2.77 bits per heavy atom. The van der Waals surface area contributed by atoms with Gasteiger partial charge in [-0.25, -0.2) is 0 Å². The summed E-state index contributed by atoms with van der Waals surface area (Å²) < 4.78 is 2.29. The molecule has 1 aromatic heterocycles. The van der Waals surface area contributed by atoms with Crippen LogP contribution in [0.5, 0.6) is 0 Å². The van der Waals surface area contributed by atoms with Gasteiger partial charge in [0.05, 0.1) is 0 Å². The maximum atomic E-state index is 12.5. The number of fused-ring (bicyclic) bond motifs is 3. The maximum absolute atomic E-state index is 12.5. The zero-order valence-corrected chi connectivity index (χ0v) is 13.7. The van der Waals surface area contributed by atoms with Crippen molar-refractivity contribution >= 4 is 28.4 Å². The summed E-state index contributed by atoms with van der Waals surface area (Å²) in [6, 6.07) is 6.00. The van der Waals surface area contributed by atoms with E-state index in [2.05, 4.69) is 28.6 Å². The highest BCUT2D eigenvalue weighted by Crippen LogP contribution is 2.37. The SMILES string of the molecule is CN1CCc2c(c3cc(Cl)ccc3n2C2CCN(C)C2=O)C1. The first-order valence-electron chi connectivity index (χ1n) is 7.81. The van der Waals surface area contributed by atoms with Gasteiger partial charge < -0.3 is 14.4 Å². The normalized spacial score (nSPS) is 22.6. The summed E-state index contributed by atoms with van der Waals surface area (Å²) in [5, 5.41) is 1.96. The van der Waals surface area contributed by atoms with Crippen LogP contribution in [0.15, 0.2) is 18.2 Å². The van der Waals surface area contributed by atoms with E-state index < -0.39 is 0 Å². The van der Waals surface area contributed by atoms with Gasteiger partial charge in [0.1, 0.15) is 6.04 Å². The molecule has 2 aliphatic rings.